The number of nitrogens with one attached hydrogen (secondary N) is 1. The third-order valence-electron chi connectivity index (χ3n) is 9.09. The molecule has 3 heterocycles. The van der Waals surface area contributed by atoms with Gasteiger partial charge in [-0.15, -0.1) is 6.58 Å². The molecule has 3 aliphatic heterocycles. The Bertz CT molecular complexity index is 1530. The summed E-state index contributed by atoms with van der Waals surface area (Å²) >= 11 is 0. The molecule has 43 heavy (non-hydrogen) atoms. The first-order valence-corrected chi connectivity index (χ1v) is 15.9. The quantitative estimate of drug-likeness (QED) is 0.322. The van der Waals surface area contributed by atoms with E-state index in [4.69, 9.17) is 9.47 Å². The molecule has 12 nitrogen and oxygen atoms in total. The highest BCUT2D eigenvalue weighted by Crippen LogP contribution is 2.57. The van der Waals surface area contributed by atoms with Gasteiger partial charge in [0.1, 0.15) is 11.9 Å². The molecule has 0 radical (unpaired) electrons. The minimum Gasteiger partial charge on any atom is -0.452 e. The van der Waals surface area contributed by atoms with Crippen LogP contribution in [0.25, 0.3) is 0 Å². The summed E-state index contributed by atoms with van der Waals surface area (Å²) in [5, 5.41) is -0.627. The van der Waals surface area contributed by atoms with E-state index in [9.17, 15) is 36.8 Å². The Morgan fingerprint density at radius 1 is 1.19 bits per heavy atom. The number of allylic oxidation sites excluding steroid dienone is 1. The van der Waals surface area contributed by atoms with Crippen LogP contribution >= 0.6 is 0 Å². The van der Waals surface area contributed by atoms with E-state index < -0.39 is 80.3 Å². The smallest absolute Gasteiger partial charge is 0.410 e. The number of hydrogen-bond acceptors (Lipinski definition) is 9. The SMILES string of the molecule is C=C[C@@H]1C[C@]1(CC(=O)[C@@H]1CC(OC(=O)N2Cc3cccc(F)c3C2)CN1C(=O)[C@@H]1CCC(=O)O1)C(=O)NS(=O)(=O)C1CC1. The Kier molecular flexibility index (Phi) is 7.30. The number of esters is 1. The largest absolute Gasteiger partial charge is 0.452 e. The van der Waals surface area contributed by atoms with Gasteiger partial charge >= 0.3 is 12.1 Å². The first-order valence-electron chi connectivity index (χ1n) is 14.3. The molecule has 3 amide bonds. The molecule has 6 rings (SSSR count). The molecule has 1 N–H and O–H groups in total. The van der Waals surface area contributed by atoms with Gasteiger partial charge in [0.2, 0.25) is 15.9 Å². The number of amides is 3. The van der Waals surface area contributed by atoms with Gasteiger partial charge in [0.25, 0.3) is 5.91 Å². The number of rotatable bonds is 9. The lowest BCUT2D eigenvalue weighted by Gasteiger charge is -2.27. The van der Waals surface area contributed by atoms with Crippen LogP contribution in [0.3, 0.4) is 0 Å². The molecule has 2 saturated heterocycles. The second-order valence-corrected chi connectivity index (χ2v) is 14.0. The fourth-order valence-corrected chi connectivity index (χ4v) is 7.74. The van der Waals surface area contributed by atoms with Crippen LogP contribution in [0.2, 0.25) is 0 Å². The molecular weight excluding hydrogens is 585 g/mol. The molecule has 0 aromatic heterocycles. The second-order valence-electron chi connectivity index (χ2n) is 12.0. The van der Waals surface area contributed by atoms with Crippen LogP contribution in [0.5, 0.6) is 0 Å². The summed E-state index contributed by atoms with van der Waals surface area (Å²) in [5.74, 6) is -3.29. The number of ketones is 1. The van der Waals surface area contributed by atoms with Gasteiger partial charge in [0.05, 0.1) is 29.8 Å². The van der Waals surface area contributed by atoms with Gasteiger partial charge in [-0.05, 0) is 36.8 Å². The highest BCUT2D eigenvalue weighted by atomic mass is 32.2. The van der Waals surface area contributed by atoms with Crippen LogP contribution in [0.15, 0.2) is 30.9 Å². The molecule has 0 spiro atoms. The number of Topliss-reactive ketones (excluding diaryl/α,β-unsaturated/α-hetero) is 1. The molecule has 5 atom stereocenters. The van der Waals surface area contributed by atoms with Crippen LogP contribution in [0.1, 0.15) is 56.1 Å². The fourth-order valence-electron chi connectivity index (χ4n) is 6.35. The van der Waals surface area contributed by atoms with Crippen LogP contribution in [0, 0.1) is 17.2 Å². The molecular formula is C29H32FN3O9S. The highest BCUT2D eigenvalue weighted by molar-refractivity contribution is 7.90. The van der Waals surface area contributed by atoms with Crippen molar-refractivity contribution in [3.8, 4) is 0 Å². The van der Waals surface area contributed by atoms with Crippen LogP contribution < -0.4 is 4.72 Å². The van der Waals surface area contributed by atoms with Gasteiger partial charge in [0.15, 0.2) is 11.9 Å². The van der Waals surface area contributed by atoms with Crippen molar-refractivity contribution >= 4 is 39.7 Å². The van der Waals surface area contributed by atoms with Crippen molar-refractivity contribution in [2.45, 2.75) is 81.5 Å². The number of benzene rings is 1. The van der Waals surface area contributed by atoms with Gasteiger partial charge in [-0.25, -0.2) is 17.6 Å². The van der Waals surface area contributed by atoms with E-state index in [1.165, 1.54) is 21.9 Å². The lowest BCUT2D eigenvalue weighted by atomic mass is 9.91. The molecule has 4 fully saturated rings. The van der Waals surface area contributed by atoms with Crippen molar-refractivity contribution < 1.29 is 46.3 Å². The lowest BCUT2D eigenvalue weighted by molar-refractivity contribution is -0.154. The lowest BCUT2D eigenvalue weighted by Crippen LogP contribution is -2.47. The van der Waals surface area contributed by atoms with Crippen LogP contribution in [0.4, 0.5) is 9.18 Å². The van der Waals surface area contributed by atoms with E-state index in [2.05, 4.69) is 11.3 Å². The van der Waals surface area contributed by atoms with Crippen LogP contribution in [-0.2, 0) is 51.8 Å². The van der Waals surface area contributed by atoms with E-state index >= 15 is 0 Å². The first kappa shape index (κ1) is 29.3. The number of ether oxygens (including phenoxy) is 2. The Balaban J connectivity index is 1.17. The minimum atomic E-state index is -3.85. The van der Waals surface area contributed by atoms with E-state index in [0.29, 0.717) is 24.0 Å². The summed E-state index contributed by atoms with van der Waals surface area (Å²) in [6, 6.07) is 3.48. The van der Waals surface area contributed by atoms with Crippen LogP contribution in [-0.4, -0.2) is 77.9 Å². The highest BCUT2D eigenvalue weighted by Gasteiger charge is 2.61. The first-order chi connectivity index (χ1) is 20.4. The molecule has 230 valence electrons. The van der Waals surface area contributed by atoms with Crippen molar-refractivity contribution in [2.75, 3.05) is 6.54 Å². The van der Waals surface area contributed by atoms with Crippen molar-refractivity contribution in [3.63, 3.8) is 0 Å². The number of nitrogens with zero attached hydrogens (tertiary/aromatic N) is 2. The maximum absolute atomic E-state index is 14.2. The molecule has 1 aromatic rings. The molecule has 2 saturated carbocycles. The van der Waals surface area contributed by atoms with E-state index in [1.54, 1.807) is 12.1 Å². The number of carbonyl (C=O) groups is 5. The third kappa shape index (κ3) is 5.52. The summed E-state index contributed by atoms with van der Waals surface area (Å²) in [7, 11) is -3.85. The number of fused-ring (bicyclic) bond motifs is 1. The Morgan fingerprint density at radius 2 is 1.95 bits per heavy atom. The normalized spacial score (nSPS) is 29.6. The summed E-state index contributed by atoms with van der Waals surface area (Å²) in [6.45, 7) is 3.73. The molecule has 0 bridgehead atoms. The molecule has 14 heteroatoms. The number of hydrogen-bond donors (Lipinski definition) is 1. The average molecular weight is 618 g/mol. The van der Waals surface area contributed by atoms with Gasteiger partial charge < -0.3 is 14.4 Å². The monoisotopic (exact) mass is 617 g/mol. The van der Waals surface area contributed by atoms with E-state index in [-0.39, 0.29) is 51.7 Å². The summed E-state index contributed by atoms with van der Waals surface area (Å²) in [6.07, 6.45) is -0.295. The van der Waals surface area contributed by atoms with Gasteiger partial charge in [-0.3, -0.25) is 28.8 Å². The molecule has 2 aliphatic carbocycles. The van der Waals surface area contributed by atoms with E-state index in [1.807, 2.05) is 0 Å². The van der Waals surface area contributed by atoms with Gasteiger partial charge in [0, 0.05) is 37.8 Å². The van der Waals surface area contributed by atoms with Crippen molar-refractivity contribution in [2.24, 2.45) is 11.3 Å². The van der Waals surface area contributed by atoms with Crippen molar-refractivity contribution in [1.29, 1.82) is 0 Å². The van der Waals surface area contributed by atoms with Crippen molar-refractivity contribution in [3.05, 3.63) is 47.8 Å². The van der Waals surface area contributed by atoms with Gasteiger partial charge in [-0.2, -0.15) is 0 Å². The Hall–Kier alpha value is -3.81. The number of likely N-dealkylation sites (tertiary alicyclic amines) is 1. The number of halogens is 1. The molecule has 5 aliphatic rings. The maximum Gasteiger partial charge on any atom is 0.410 e. The Labute approximate surface area is 247 Å². The summed E-state index contributed by atoms with van der Waals surface area (Å²) in [4.78, 5) is 67.7. The summed E-state index contributed by atoms with van der Waals surface area (Å²) < 4.78 is 52.1. The summed E-state index contributed by atoms with van der Waals surface area (Å²) in [5.41, 5.74) is -0.271. The third-order valence-corrected chi connectivity index (χ3v) is 10.9. The topological polar surface area (TPSA) is 156 Å². The Morgan fingerprint density at radius 3 is 2.58 bits per heavy atom. The molecule has 1 unspecified atom stereocenters. The molecule has 1 aromatic carbocycles. The van der Waals surface area contributed by atoms with Crippen molar-refractivity contribution in [1.82, 2.24) is 14.5 Å². The van der Waals surface area contributed by atoms with E-state index in [0.717, 1.165) is 0 Å². The van der Waals surface area contributed by atoms with Gasteiger partial charge in [-0.1, -0.05) is 18.2 Å². The number of cyclic esters (lactones) is 1. The zero-order valence-corrected chi connectivity index (χ0v) is 24.1. The zero-order chi connectivity index (χ0) is 30.7. The predicted molar refractivity (Wildman–Crippen MR) is 146 cm³/mol. The fraction of sp³-hybridized carbons (Fsp3) is 0.552. The zero-order valence-electron chi connectivity index (χ0n) is 23.3. The minimum absolute atomic E-state index is 0.0148. The second kappa shape index (κ2) is 10.7. The average Bonchev–Trinajstić information content (AvgIpc) is 3.78. The standard InChI is InChI=1S/C29H32FN3O9S/c1-2-17-11-29(17,27(37)31-43(39,40)19-6-7-19)12-23(34)22-10-18(14-33(22)26(36)24-8-9-25(35)42-24)41-28(38)32-13-16-4-3-5-21(30)20(16)15-32/h2-5,17-19,22,24H,1,6-15H2,(H,31,37)/t17-,18?,22+,24+,29-/m1/s1. The number of sulfonamides is 1. The maximum atomic E-state index is 14.2. The number of carbonyl (C=O) groups excluding carboxylic acids is 5. The predicted octanol–water partition coefficient (Wildman–Crippen LogP) is 1.71.